The molecule has 12 heavy (non-hydrogen) atoms. The minimum Gasteiger partial charge on any atom is -0.435 e. The zero-order valence-corrected chi connectivity index (χ0v) is 6.24. The molecule has 0 spiro atoms. The zero-order chi connectivity index (χ0) is 9.14. The fourth-order valence-corrected chi connectivity index (χ4v) is 0.787. The van der Waals surface area contributed by atoms with Crippen molar-refractivity contribution in [3.8, 4) is 0 Å². The van der Waals surface area contributed by atoms with Crippen LogP contribution in [0.3, 0.4) is 0 Å². The largest absolute Gasteiger partial charge is 0.435 e. The molecule has 1 amide bonds. The molecule has 0 aliphatic rings. The number of nitrogens with zero attached hydrogens (tertiary/aromatic N) is 1. The third-order valence-corrected chi connectivity index (χ3v) is 1.30. The maximum atomic E-state index is 10.7. The van der Waals surface area contributed by atoms with Crippen molar-refractivity contribution >= 4 is 25.3 Å². The van der Waals surface area contributed by atoms with Gasteiger partial charge in [-0.3, -0.25) is 4.79 Å². The van der Waals surface area contributed by atoms with Gasteiger partial charge in [-0.25, -0.2) is 4.98 Å². The first-order chi connectivity index (χ1) is 5.65. The molecule has 1 rings (SSSR count). The van der Waals surface area contributed by atoms with Gasteiger partial charge < -0.3 is 16.7 Å². The number of carbonyl (C=O) groups excluding carboxylic acids is 1. The SMILES string of the molecule is [B]Nc1cc(N)cnc1C(N)=O. The molecule has 0 unspecified atom stereocenters. The fourth-order valence-electron chi connectivity index (χ4n) is 0.787. The van der Waals surface area contributed by atoms with Crippen molar-refractivity contribution in [2.75, 3.05) is 11.0 Å². The van der Waals surface area contributed by atoms with E-state index in [2.05, 4.69) is 10.2 Å². The second-order valence-electron chi connectivity index (χ2n) is 2.17. The van der Waals surface area contributed by atoms with Gasteiger partial charge in [0, 0.05) is 0 Å². The third-order valence-electron chi connectivity index (χ3n) is 1.30. The number of hydrogen-bond acceptors (Lipinski definition) is 4. The number of pyridine rings is 1. The summed E-state index contributed by atoms with van der Waals surface area (Å²) in [6.07, 6.45) is 1.33. The van der Waals surface area contributed by atoms with Gasteiger partial charge in [0.05, 0.1) is 17.6 Å². The van der Waals surface area contributed by atoms with Gasteiger partial charge in [-0.15, -0.1) is 0 Å². The van der Waals surface area contributed by atoms with Crippen LogP contribution < -0.4 is 16.7 Å². The fraction of sp³-hybridized carbons (Fsp3) is 0. The normalized spacial score (nSPS) is 9.33. The molecule has 0 atom stereocenters. The van der Waals surface area contributed by atoms with Crippen LogP contribution >= 0.6 is 0 Å². The van der Waals surface area contributed by atoms with Crippen LogP contribution in [0, 0.1) is 0 Å². The van der Waals surface area contributed by atoms with E-state index in [1.165, 1.54) is 12.3 Å². The Morgan fingerprint density at radius 2 is 2.33 bits per heavy atom. The molecule has 1 heterocycles. The summed E-state index contributed by atoms with van der Waals surface area (Å²) < 4.78 is 0. The summed E-state index contributed by atoms with van der Waals surface area (Å²) in [7, 11) is 5.10. The number of anilines is 2. The number of nitrogen functional groups attached to an aromatic ring is 1. The number of hydrogen-bond donors (Lipinski definition) is 3. The van der Waals surface area contributed by atoms with Crippen molar-refractivity contribution in [1.82, 2.24) is 4.98 Å². The summed E-state index contributed by atoms with van der Waals surface area (Å²) in [5.41, 5.74) is 11.2. The summed E-state index contributed by atoms with van der Waals surface area (Å²) >= 11 is 0. The quantitative estimate of drug-likeness (QED) is 0.499. The van der Waals surface area contributed by atoms with Gasteiger partial charge in [0.2, 0.25) is 7.98 Å². The predicted molar refractivity (Wildman–Crippen MR) is 46.5 cm³/mol. The molecule has 0 saturated carbocycles. The molecule has 60 valence electrons. The average molecular weight is 162 g/mol. The van der Waals surface area contributed by atoms with Gasteiger partial charge in [-0.1, -0.05) is 0 Å². The van der Waals surface area contributed by atoms with Crippen LogP contribution in [-0.4, -0.2) is 18.9 Å². The molecule has 0 aliphatic carbocycles. The molecule has 0 aliphatic heterocycles. The maximum absolute atomic E-state index is 10.7. The molecule has 5 N–H and O–H groups in total. The van der Waals surface area contributed by atoms with Gasteiger partial charge in [0.25, 0.3) is 5.91 Å². The van der Waals surface area contributed by atoms with Crippen molar-refractivity contribution in [3.05, 3.63) is 18.0 Å². The number of primary amides is 1. The maximum Gasteiger partial charge on any atom is 0.269 e. The Kier molecular flexibility index (Phi) is 2.18. The molecule has 2 radical (unpaired) electrons. The lowest BCUT2D eigenvalue weighted by atomic mass is 10.2. The summed E-state index contributed by atoms with van der Waals surface area (Å²) in [4.78, 5) is 14.4. The average Bonchev–Trinajstić information content (AvgIpc) is 2.03. The van der Waals surface area contributed by atoms with E-state index in [0.29, 0.717) is 11.4 Å². The van der Waals surface area contributed by atoms with Crippen molar-refractivity contribution in [3.63, 3.8) is 0 Å². The summed E-state index contributed by atoms with van der Waals surface area (Å²) in [6, 6.07) is 1.48. The Morgan fingerprint density at radius 3 is 2.83 bits per heavy atom. The molecule has 0 fully saturated rings. The van der Waals surface area contributed by atoms with E-state index in [-0.39, 0.29) is 5.69 Å². The molecule has 0 aromatic carbocycles. The van der Waals surface area contributed by atoms with Gasteiger partial charge >= 0.3 is 0 Å². The number of rotatable bonds is 2. The Labute approximate surface area is 70.6 Å². The van der Waals surface area contributed by atoms with Crippen molar-refractivity contribution in [2.24, 2.45) is 5.73 Å². The highest BCUT2D eigenvalue weighted by atomic mass is 16.1. The highest BCUT2D eigenvalue weighted by Crippen LogP contribution is 2.14. The lowest BCUT2D eigenvalue weighted by Crippen LogP contribution is -2.15. The topological polar surface area (TPSA) is 94.0 Å². The number of nitrogens with one attached hydrogen (secondary N) is 1. The second kappa shape index (κ2) is 3.12. The lowest BCUT2D eigenvalue weighted by Gasteiger charge is -2.05. The smallest absolute Gasteiger partial charge is 0.269 e. The third kappa shape index (κ3) is 1.47. The number of aromatic nitrogens is 1. The van der Waals surface area contributed by atoms with Crippen LogP contribution in [0.5, 0.6) is 0 Å². The Bertz CT molecular complexity index is 314. The number of amides is 1. The number of carbonyl (C=O) groups is 1. The van der Waals surface area contributed by atoms with Gasteiger partial charge in [0.15, 0.2) is 0 Å². The molecular weight excluding hydrogens is 155 g/mol. The molecule has 0 saturated heterocycles. The lowest BCUT2D eigenvalue weighted by molar-refractivity contribution is 0.0996. The van der Waals surface area contributed by atoms with E-state index in [0.717, 1.165) is 0 Å². The Morgan fingerprint density at radius 1 is 1.67 bits per heavy atom. The first kappa shape index (κ1) is 8.38. The van der Waals surface area contributed by atoms with E-state index in [4.69, 9.17) is 19.4 Å². The summed E-state index contributed by atoms with van der Waals surface area (Å²) in [5.74, 6) is -0.650. The minimum atomic E-state index is -0.650. The van der Waals surface area contributed by atoms with Crippen LogP contribution in [0.1, 0.15) is 10.5 Å². The number of nitrogens with two attached hydrogens (primary N) is 2. The Hall–Kier alpha value is -1.72. The van der Waals surface area contributed by atoms with E-state index in [1.807, 2.05) is 0 Å². The molecular formula is C6H7BN4O. The van der Waals surface area contributed by atoms with E-state index < -0.39 is 5.91 Å². The van der Waals surface area contributed by atoms with E-state index in [1.54, 1.807) is 0 Å². The zero-order valence-electron chi connectivity index (χ0n) is 6.24. The highest BCUT2D eigenvalue weighted by molar-refractivity contribution is 6.17. The second-order valence-corrected chi connectivity index (χ2v) is 2.17. The van der Waals surface area contributed by atoms with Crippen molar-refractivity contribution in [1.29, 1.82) is 0 Å². The monoisotopic (exact) mass is 162 g/mol. The van der Waals surface area contributed by atoms with E-state index in [9.17, 15) is 4.79 Å². The van der Waals surface area contributed by atoms with Crippen LogP contribution in [-0.2, 0) is 0 Å². The summed E-state index contributed by atoms with van der Waals surface area (Å²) in [5, 5.41) is 2.27. The van der Waals surface area contributed by atoms with Crippen LogP contribution in [0.4, 0.5) is 11.4 Å². The van der Waals surface area contributed by atoms with E-state index >= 15 is 0 Å². The van der Waals surface area contributed by atoms with Crippen molar-refractivity contribution < 1.29 is 4.79 Å². The van der Waals surface area contributed by atoms with Crippen molar-refractivity contribution in [2.45, 2.75) is 0 Å². The summed E-state index contributed by atoms with van der Waals surface area (Å²) in [6.45, 7) is 0. The molecule has 5 nitrogen and oxygen atoms in total. The minimum absolute atomic E-state index is 0.0756. The predicted octanol–water partition coefficient (Wildman–Crippen LogP) is -0.742. The van der Waals surface area contributed by atoms with Gasteiger partial charge in [0.1, 0.15) is 5.69 Å². The van der Waals surface area contributed by atoms with Crippen LogP contribution in [0.25, 0.3) is 0 Å². The van der Waals surface area contributed by atoms with Gasteiger partial charge in [-0.2, -0.15) is 0 Å². The van der Waals surface area contributed by atoms with Gasteiger partial charge in [-0.05, 0) is 6.07 Å². The molecule has 0 bridgehead atoms. The van der Waals surface area contributed by atoms with Crippen LogP contribution in [0.15, 0.2) is 12.3 Å². The first-order valence-electron chi connectivity index (χ1n) is 3.17. The standard InChI is InChI=1S/C6H7BN4O/c7-11-4-1-3(8)2-10-5(4)6(9)12/h1-2,11H,8H2,(H2,9,12). The first-order valence-corrected chi connectivity index (χ1v) is 3.17. The highest BCUT2D eigenvalue weighted by Gasteiger charge is 2.07. The van der Waals surface area contributed by atoms with Crippen LogP contribution in [0.2, 0.25) is 0 Å². The molecule has 1 aromatic heterocycles. The Balaban J connectivity index is 3.20. The molecule has 1 aromatic rings. The molecule has 6 heteroatoms.